The van der Waals surface area contributed by atoms with Crippen molar-refractivity contribution in [2.45, 2.75) is 26.2 Å². The van der Waals surface area contributed by atoms with Gasteiger partial charge in [0.25, 0.3) is 0 Å². The van der Waals surface area contributed by atoms with Gasteiger partial charge in [0.05, 0.1) is 0 Å². The molecule has 0 amide bonds. The number of hydrogen-bond acceptors (Lipinski definition) is 6. The normalized spacial score (nSPS) is 17.7. The summed E-state index contributed by atoms with van der Waals surface area (Å²) in [6.45, 7) is 11.4. The third kappa shape index (κ3) is 9.43. The molecule has 1 aliphatic carbocycles. The SMILES string of the molecule is CCNC(=NCCCOCC1CC1)NCCN1CCN(c2ncccn2)CC1.I. The Hall–Kier alpha value is -1.20. The third-order valence-corrected chi connectivity index (χ3v) is 5.04. The fraction of sp³-hybridized carbons (Fsp3) is 0.750. The molecule has 1 aromatic rings. The highest BCUT2D eigenvalue weighted by molar-refractivity contribution is 14.0. The second-order valence-corrected chi connectivity index (χ2v) is 7.44. The van der Waals surface area contributed by atoms with E-state index in [1.165, 1.54) is 12.8 Å². The van der Waals surface area contributed by atoms with Gasteiger partial charge in [0.2, 0.25) is 5.95 Å². The largest absolute Gasteiger partial charge is 0.381 e. The summed E-state index contributed by atoms with van der Waals surface area (Å²) >= 11 is 0. The van der Waals surface area contributed by atoms with Crippen LogP contribution in [-0.2, 0) is 4.74 Å². The fourth-order valence-corrected chi connectivity index (χ4v) is 3.19. The minimum absolute atomic E-state index is 0. The molecule has 2 N–H and O–H groups in total. The first-order chi connectivity index (χ1) is 13.8. The Morgan fingerprint density at radius 3 is 2.62 bits per heavy atom. The van der Waals surface area contributed by atoms with Crippen molar-refractivity contribution in [2.75, 3.05) is 70.5 Å². The average Bonchev–Trinajstić information content (AvgIpc) is 3.56. The zero-order valence-electron chi connectivity index (χ0n) is 17.6. The molecule has 9 heteroatoms. The molecule has 0 bridgehead atoms. The van der Waals surface area contributed by atoms with Gasteiger partial charge in [-0.3, -0.25) is 9.89 Å². The van der Waals surface area contributed by atoms with E-state index in [-0.39, 0.29) is 24.0 Å². The number of nitrogens with one attached hydrogen (secondary N) is 2. The van der Waals surface area contributed by atoms with Crippen LogP contribution >= 0.6 is 24.0 Å². The molecule has 8 nitrogen and oxygen atoms in total. The van der Waals surface area contributed by atoms with E-state index in [1.54, 1.807) is 12.4 Å². The summed E-state index contributed by atoms with van der Waals surface area (Å²) in [5.41, 5.74) is 0. The van der Waals surface area contributed by atoms with E-state index in [9.17, 15) is 0 Å². The lowest BCUT2D eigenvalue weighted by molar-refractivity contribution is 0.123. The average molecular weight is 517 g/mol. The van der Waals surface area contributed by atoms with Crippen molar-refractivity contribution in [3.63, 3.8) is 0 Å². The van der Waals surface area contributed by atoms with Gasteiger partial charge in [-0.25, -0.2) is 9.97 Å². The Morgan fingerprint density at radius 1 is 1.17 bits per heavy atom. The Bertz CT molecular complexity index is 577. The number of aromatic nitrogens is 2. The van der Waals surface area contributed by atoms with E-state index in [4.69, 9.17) is 4.74 Å². The highest BCUT2D eigenvalue weighted by Crippen LogP contribution is 2.28. The number of aliphatic imine (C=N–C) groups is 1. The number of hydrogen-bond donors (Lipinski definition) is 2. The summed E-state index contributed by atoms with van der Waals surface area (Å²) in [5.74, 6) is 2.58. The lowest BCUT2D eigenvalue weighted by Gasteiger charge is -2.34. The van der Waals surface area contributed by atoms with Crippen LogP contribution in [0, 0.1) is 5.92 Å². The van der Waals surface area contributed by atoms with Crippen LogP contribution in [0.4, 0.5) is 5.95 Å². The predicted octanol–water partition coefficient (Wildman–Crippen LogP) is 1.59. The molecular weight excluding hydrogens is 481 g/mol. The summed E-state index contributed by atoms with van der Waals surface area (Å²) in [4.78, 5) is 18.1. The van der Waals surface area contributed by atoms with Gasteiger partial charge >= 0.3 is 0 Å². The number of guanidine groups is 1. The van der Waals surface area contributed by atoms with Crippen molar-refractivity contribution in [2.24, 2.45) is 10.9 Å². The molecule has 164 valence electrons. The van der Waals surface area contributed by atoms with Gasteiger partial charge in [-0.2, -0.15) is 0 Å². The minimum Gasteiger partial charge on any atom is -0.381 e. The van der Waals surface area contributed by atoms with E-state index < -0.39 is 0 Å². The quantitative estimate of drug-likeness (QED) is 0.200. The fourth-order valence-electron chi connectivity index (χ4n) is 3.19. The van der Waals surface area contributed by atoms with Gasteiger partial charge in [-0.1, -0.05) is 0 Å². The first-order valence-electron chi connectivity index (χ1n) is 10.7. The third-order valence-electron chi connectivity index (χ3n) is 5.04. The lowest BCUT2D eigenvalue weighted by Crippen LogP contribution is -2.49. The standard InChI is InChI=1S/C20H35N7O.HI/c1-2-21-19(22-9-4-16-28-17-18-5-6-18)23-10-11-26-12-14-27(15-13-26)20-24-7-3-8-25-20;/h3,7-8,18H,2,4-6,9-17H2,1H3,(H2,21,22,23);1H. The van der Waals surface area contributed by atoms with Crippen LogP contribution in [0.1, 0.15) is 26.2 Å². The summed E-state index contributed by atoms with van der Waals surface area (Å²) < 4.78 is 5.67. The topological polar surface area (TPSA) is 77.9 Å². The van der Waals surface area contributed by atoms with Gasteiger partial charge in [0.15, 0.2) is 5.96 Å². The summed E-state index contributed by atoms with van der Waals surface area (Å²) in [6.07, 6.45) is 7.29. The van der Waals surface area contributed by atoms with E-state index in [2.05, 4.69) is 42.3 Å². The molecule has 2 fully saturated rings. The molecule has 29 heavy (non-hydrogen) atoms. The molecule has 3 rings (SSSR count). The van der Waals surface area contributed by atoms with Gasteiger partial charge in [-0.15, -0.1) is 24.0 Å². The summed E-state index contributed by atoms with van der Waals surface area (Å²) in [7, 11) is 0. The van der Waals surface area contributed by atoms with Crippen molar-refractivity contribution in [1.29, 1.82) is 0 Å². The zero-order chi connectivity index (χ0) is 19.4. The predicted molar refractivity (Wildman–Crippen MR) is 128 cm³/mol. The van der Waals surface area contributed by atoms with Crippen LogP contribution in [-0.4, -0.2) is 86.4 Å². The van der Waals surface area contributed by atoms with E-state index >= 15 is 0 Å². The second-order valence-electron chi connectivity index (χ2n) is 7.44. The molecule has 0 radical (unpaired) electrons. The molecular formula is C20H36IN7O. The minimum atomic E-state index is 0. The summed E-state index contributed by atoms with van der Waals surface area (Å²) in [5, 5.41) is 6.77. The van der Waals surface area contributed by atoms with Crippen LogP contribution in [0.15, 0.2) is 23.5 Å². The number of rotatable bonds is 11. The monoisotopic (exact) mass is 517 g/mol. The van der Waals surface area contributed by atoms with E-state index in [0.717, 1.165) is 89.8 Å². The van der Waals surface area contributed by atoms with Crippen LogP contribution < -0.4 is 15.5 Å². The zero-order valence-corrected chi connectivity index (χ0v) is 19.9. The molecule has 0 unspecified atom stereocenters. The molecule has 2 aliphatic rings. The number of piperazine rings is 1. The molecule has 1 saturated heterocycles. The molecule has 2 heterocycles. The first kappa shape index (κ1) is 24.1. The molecule has 0 atom stereocenters. The van der Waals surface area contributed by atoms with Crippen molar-refractivity contribution < 1.29 is 4.74 Å². The smallest absolute Gasteiger partial charge is 0.225 e. The highest BCUT2D eigenvalue weighted by Gasteiger charge is 2.21. The molecule has 0 aromatic carbocycles. The van der Waals surface area contributed by atoms with E-state index in [1.807, 2.05) is 6.07 Å². The Morgan fingerprint density at radius 2 is 1.93 bits per heavy atom. The Kier molecular flexibility index (Phi) is 11.6. The Balaban J connectivity index is 0.00000300. The van der Waals surface area contributed by atoms with Crippen molar-refractivity contribution in [1.82, 2.24) is 25.5 Å². The van der Waals surface area contributed by atoms with Crippen molar-refractivity contribution in [3.8, 4) is 0 Å². The number of ether oxygens (including phenoxy) is 1. The van der Waals surface area contributed by atoms with Crippen molar-refractivity contribution >= 4 is 35.9 Å². The highest BCUT2D eigenvalue weighted by atomic mass is 127. The first-order valence-corrected chi connectivity index (χ1v) is 10.7. The molecule has 1 aliphatic heterocycles. The van der Waals surface area contributed by atoms with Gasteiger partial charge in [-0.05, 0) is 38.2 Å². The second kappa shape index (κ2) is 13.9. The van der Waals surface area contributed by atoms with E-state index in [0.29, 0.717) is 0 Å². The molecule has 1 aromatic heterocycles. The van der Waals surface area contributed by atoms with Crippen LogP contribution in [0.3, 0.4) is 0 Å². The number of halogens is 1. The van der Waals surface area contributed by atoms with Crippen LogP contribution in [0.2, 0.25) is 0 Å². The maximum Gasteiger partial charge on any atom is 0.225 e. The van der Waals surface area contributed by atoms with Crippen LogP contribution in [0.5, 0.6) is 0 Å². The molecule has 0 spiro atoms. The number of nitrogens with zero attached hydrogens (tertiary/aromatic N) is 5. The maximum absolute atomic E-state index is 5.67. The van der Waals surface area contributed by atoms with Crippen LogP contribution in [0.25, 0.3) is 0 Å². The molecule has 1 saturated carbocycles. The van der Waals surface area contributed by atoms with Crippen molar-refractivity contribution in [3.05, 3.63) is 18.5 Å². The maximum atomic E-state index is 5.67. The number of anilines is 1. The van der Waals surface area contributed by atoms with Gasteiger partial charge < -0.3 is 20.3 Å². The summed E-state index contributed by atoms with van der Waals surface area (Å²) in [6, 6.07) is 1.86. The lowest BCUT2D eigenvalue weighted by atomic mass is 10.3. The van der Waals surface area contributed by atoms with Gasteiger partial charge in [0.1, 0.15) is 0 Å². The Labute approximate surface area is 191 Å². The van der Waals surface area contributed by atoms with Gasteiger partial charge in [0, 0.05) is 78.0 Å².